The molecule has 1 atom stereocenters. The van der Waals surface area contributed by atoms with Gasteiger partial charge < -0.3 is 10.1 Å². The second-order valence-electron chi connectivity index (χ2n) is 4.49. The topological polar surface area (TPSA) is 54.5 Å². The maximum atomic E-state index is 11.8. The van der Waals surface area contributed by atoms with Crippen molar-refractivity contribution in [1.29, 1.82) is 0 Å². The summed E-state index contributed by atoms with van der Waals surface area (Å²) < 4.78 is 4.90. The van der Waals surface area contributed by atoms with Crippen LogP contribution in [0.4, 0.5) is 0 Å². The summed E-state index contributed by atoms with van der Waals surface area (Å²) in [7, 11) is 3.55. The minimum Gasteiger partial charge on any atom is -0.383 e. The number of likely N-dealkylation sites (N-methyl/N-ethyl adjacent to an activating group) is 1. The molecule has 0 saturated heterocycles. The number of carbonyl (C=O) groups is 1. The normalized spacial score (nSPS) is 12.7. The van der Waals surface area contributed by atoms with Crippen molar-refractivity contribution < 1.29 is 9.53 Å². The molecule has 1 aromatic heterocycles. The third-order valence-electron chi connectivity index (χ3n) is 2.93. The molecule has 1 aromatic rings. The SMILES string of the molecule is CCC(c1nc(CCl)cs1)N(C)CC(=O)NCCOC. The van der Waals surface area contributed by atoms with Crippen molar-refractivity contribution in [3.8, 4) is 0 Å². The summed E-state index contributed by atoms with van der Waals surface area (Å²) in [6.07, 6.45) is 0.900. The van der Waals surface area contributed by atoms with Crippen LogP contribution >= 0.6 is 22.9 Å². The molecule has 0 saturated carbocycles. The van der Waals surface area contributed by atoms with Gasteiger partial charge in [0.1, 0.15) is 5.01 Å². The number of rotatable bonds is 9. The number of thiazole rings is 1. The first-order chi connectivity index (χ1) is 9.62. The van der Waals surface area contributed by atoms with Crippen molar-refractivity contribution in [2.75, 3.05) is 33.9 Å². The number of nitrogens with one attached hydrogen (secondary N) is 1. The minimum atomic E-state index is -0.00266. The van der Waals surface area contributed by atoms with Crippen LogP contribution < -0.4 is 5.32 Å². The van der Waals surface area contributed by atoms with Gasteiger partial charge in [-0.05, 0) is 13.5 Å². The predicted octanol–water partition coefficient (Wildman–Crippen LogP) is 2.03. The van der Waals surface area contributed by atoms with Crippen LogP contribution in [-0.2, 0) is 15.4 Å². The molecule has 1 unspecified atom stereocenters. The van der Waals surface area contributed by atoms with Crippen LogP contribution in [-0.4, -0.2) is 49.6 Å². The Bertz CT molecular complexity index is 414. The second kappa shape index (κ2) is 9.28. The number of aromatic nitrogens is 1. The summed E-state index contributed by atoms with van der Waals surface area (Å²) in [6, 6.07) is 0.144. The third-order valence-corrected chi connectivity index (χ3v) is 4.20. The van der Waals surface area contributed by atoms with Crippen LogP contribution in [0.25, 0.3) is 0 Å². The molecular weight excluding hydrogens is 298 g/mol. The van der Waals surface area contributed by atoms with E-state index in [2.05, 4.69) is 17.2 Å². The van der Waals surface area contributed by atoms with E-state index in [9.17, 15) is 4.79 Å². The standard InChI is InChI=1S/C13H22ClN3O2S/c1-4-11(13-16-10(7-14)9-20-13)17(2)8-12(18)15-5-6-19-3/h9,11H,4-8H2,1-3H3,(H,15,18). The molecule has 0 bridgehead atoms. The number of alkyl halides is 1. The summed E-state index contributed by atoms with van der Waals surface area (Å²) in [6.45, 7) is 3.50. The molecule has 0 aliphatic heterocycles. The number of amides is 1. The Morgan fingerprint density at radius 2 is 2.40 bits per heavy atom. The van der Waals surface area contributed by atoms with Crippen molar-refractivity contribution in [3.63, 3.8) is 0 Å². The van der Waals surface area contributed by atoms with E-state index in [4.69, 9.17) is 16.3 Å². The van der Waals surface area contributed by atoms with E-state index in [1.165, 1.54) is 0 Å². The van der Waals surface area contributed by atoms with Crippen LogP contribution in [0.2, 0.25) is 0 Å². The Morgan fingerprint density at radius 3 is 2.95 bits per heavy atom. The van der Waals surface area contributed by atoms with Gasteiger partial charge in [0.15, 0.2) is 0 Å². The van der Waals surface area contributed by atoms with Crippen molar-refractivity contribution in [1.82, 2.24) is 15.2 Å². The largest absolute Gasteiger partial charge is 0.383 e. The van der Waals surface area contributed by atoms with Gasteiger partial charge in [-0.1, -0.05) is 6.92 Å². The fraction of sp³-hybridized carbons (Fsp3) is 0.692. The number of hydrogen-bond acceptors (Lipinski definition) is 5. The van der Waals surface area contributed by atoms with Gasteiger partial charge in [-0.3, -0.25) is 9.69 Å². The lowest BCUT2D eigenvalue weighted by atomic mass is 10.2. The highest BCUT2D eigenvalue weighted by atomic mass is 35.5. The van der Waals surface area contributed by atoms with E-state index in [1.54, 1.807) is 18.4 Å². The van der Waals surface area contributed by atoms with Crippen LogP contribution in [0.5, 0.6) is 0 Å². The van der Waals surface area contributed by atoms with E-state index in [-0.39, 0.29) is 11.9 Å². The third kappa shape index (κ3) is 5.36. The highest BCUT2D eigenvalue weighted by molar-refractivity contribution is 7.09. The highest BCUT2D eigenvalue weighted by Gasteiger charge is 2.20. The number of ether oxygens (including phenoxy) is 1. The molecule has 0 fully saturated rings. The molecule has 5 nitrogen and oxygen atoms in total. The zero-order valence-corrected chi connectivity index (χ0v) is 13.8. The van der Waals surface area contributed by atoms with E-state index >= 15 is 0 Å². The van der Waals surface area contributed by atoms with E-state index in [0.29, 0.717) is 25.6 Å². The Labute approximate surface area is 129 Å². The van der Waals surface area contributed by atoms with Crippen LogP contribution in [0, 0.1) is 0 Å². The Hall–Kier alpha value is -0.690. The van der Waals surface area contributed by atoms with Crippen molar-refractivity contribution in [2.24, 2.45) is 0 Å². The number of halogens is 1. The fourth-order valence-corrected chi connectivity index (χ4v) is 3.19. The first kappa shape index (κ1) is 17.4. The van der Waals surface area contributed by atoms with Gasteiger partial charge >= 0.3 is 0 Å². The molecular formula is C13H22ClN3O2S. The minimum absolute atomic E-state index is 0.00266. The maximum Gasteiger partial charge on any atom is 0.234 e. The highest BCUT2D eigenvalue weighted by Crippen LogP contribution is 2.26. The van der Waals surface area contributed by atoms with Crippen molar-refractivity contribution in [3.05, 3.63) is 16.1 Å². The molecule has 1 N–H and O–H groups in total. The molecule has 0 radical (unpaired) electrons. The molecule has 7 heteroatoms. The summed E-state index contributed by atoms with van der Waals surface area (Å²) in [5, 5.41) is 5.80. The smallest absolute Gasteiger partial charge is 0.234 e. The number of carbonyl (C=O) groups excluding carboxylic acids is 1. The van der Waals surface area contributed by atoms with E-state index in [1.807, 2.05) is 17.3 Å². The second-order valence-corrected chi connectivity index (χ2v) is 5.65. The van der Waals surface area contributed by atoms with Gasteiger partial charge in [0, 0.05) is 19.0 Å². The van der Waals surface area contributed by atoms with E-state index in [0.717, 1.165) is 17.1 Å². The van der Waals surface area contributed by atoms with Gasteiger partial charge in [-0.2, -0.15) is 0 Å². The Balaban J connectivity index is 2.53. The molecule has 1 rings (SSSR count). The Morgan fingerprint density at radius 1 is 1.65 bits per heavy atom. The van der Waals surface area contributed by atoms with Gasteiger partial charge in [-0.15, -0.1) is 22.9 Å². The average Bonchev–Trinajstić information content (AvgIpc) is 2.88. The number of hydrogen-bond donors (Lipinski definition) is 1. The first-order valence-electron chi connectivity index (χ1n) is 6.58. The average molecular weight is 320 g/mol. The first-order valence-corrected chi connectivity index (χ1v) is 7.99. The molecule has 114 valence electrons. The predicted molar refractivity (Wildman–Crippen MR) is 82.2 cm³/mol. The summed E-state index contributed by atoms with van der Waals surface area (Å²) in [4.78, 5) is 18.3. The van der Waals surface area contributed by atoms with Gasteiger partial charge in [0.25, 0.3) is 0 Å². The number of nitrogens with zero attached hydrogens (tertiary/aromatic N) is 2. The quantitative estimate of drug-likeness (QED) is 0.559. The lowest BCUT2D eigenvalue weighted by molar-refractivity contribution is -0.122. The lowest BCUT2D eigenvalue weighted by Gasteiger charge is -2.24. The van der Waals surface area contributed by atoms with Crippen molar-refractivity contribution in [2.45, 2.75) is 25.3 Å². The van der Waals surface area contributed by atoms with Crippen LogP contribution in [0.3, 0.4) is 0 Å². The summed E-state index contributed by atoms with van der Waals surface area (Å²) in [5.74, 6) is 0.422. The molecule has 20 heavy (non-hydrogen) atoms. The van der Waals surface area contributed by atoms with E-state index < -0.39 is 0 Å². The summed E-state index contributed by atoms with van der Waals surface area (Å²) in [5.41, 5.74) is 0.892. The lowest BCUT2D eigenvalue weighted by Crippen LogP contribution is -2.38. The van der Waals surface area contributed by atoms with Gasteiger partial charge in [0.2, 0.25) is 5.91 Å². The van der Waals surface area contributed by atoms with Crippen LogP contribution in [0.1, 0.15) is 30.1 Å². The summed E-state index contributed by atoms with van der Waals surface area (Å²) >= 11 is 7.37. The molecule has 0 aliphatic rings. The Kier molecular flexibility index (Phi) is 8.06. The maximum absolute atomic E-state index is 11.8. The molecule has 1 amide bonds. The number of methoxy groups -OCH3 is 1. The zero-order valence-electron chi connectivity index (χ0n) is 12.2. The van der Waals surface area contributed by atoms with Crippen LogP contribution in [0.15, 0.2) is 5.38 Å². The fourth-order valence-electron chi connectivity index (χ4n) is 1.90. The molecule has 0 aromatic carbocycles. The van der Waals surface area contributed by atoms with Gasteiger partial charge in [0.05, 0.1) is 30.8 Å². The monoisotopic (exact) mass is 319 g/mol. The van der Waals surface area contributed by atoms with Gasteiger partial charge in [-0.25, -0.2) is 4.98 Å². The zero-order chi connectivity index (χ0) is 15.0. The molecule has 0 aliphatic carbocycles. The molecule has 0 spiro atoms. The van der Waals surface area contributed by atoms with Crippen molar-refractivity contribution >= 4 is 28.8 Å². The molecule has 1 heterocycles.